The van der Waals surface area contributed by atoms with Crippen LogP contribution in [0.25, 0.3) is 11.8 Å². The molecule has 0 unspecified atom stereocenters. The maximum atomic E-state index is 14.7. The van der Waals surface area contributed by atoms with E-state index in [2.05, 4.69) is 20.2 Å². The van der Waals surface area contributed by atoms with E-state index >= 15 is 0 Å². The second-order valence-electron chi connectivity index (χ2n) is 11.6. The second-order valence-corrected chi connectivity index (χ2v) is 13.5. The van der Waals surface area contributed by atoms with Gasteiger partial charge in [-0.15, -0.1) is 0 Å². The lowest BCUT2D eigenvalue weighted by molar-refractivity contribution is 0.0730. The first-order chi connectivity index (χ1) is 21.6. The molecule has 1 saturated carbocycles. The van der Waals surface area contributed by atoms with Gasteiger partial charge < -0.3 is 4.42 Å². The van der Waals surface area contributed by atoms with Crippen molar-refractivity contribution >= 4 is 21.9 Å². The Balaban J connectivity index is 1.33. The van der Waals surface area contributed by atoms with E-state index < -0.39 is 21.5 Å². The number of ketones is 1. The number of carbonyl (C=O) groups excluding carboxylic acids is 1. The van der Waals surface area contributed by atoms with Crippen LogP contribution in [0.4, 0.5) is 4.39 Å². The van der Waals surface area contributed by atoms with E-state index in [4.69, 9.17) is 4.42 Å². The van der Waals surface area contributed by atoms with Crippen molar-refractivity contribution in [3.63, 3.8) is 0 Å². The maximum absolute atomic E-state index is 14.7. The summed E-state index contributed by atoms with van der Waals surface area (Å²) in [6.45, 7) is 1.80. The van der Waals surface area contributed by atoms with Crippen molar-refractivity contribution in [3.05, 3.63) is 113 Å². The molecule has 0 spiro atoms. The molecule has 0 amide bonds. The van der Waals surface area contributed by atoms with Crippen LogP contribution in [0.15, 0.2) is 88.5 Å². The standard InChI is InChI=1S/C32H30FN7O4S/c1-21-9-10-34-28(13-21)31(41)32-15-22-17-37-40(25-7-4-24(33)5-8-25)29(22)14-23(32)3-6-26(16-32)39(20-30-35-11-12-44-30)45(42,43)27-18-36-38(2)19-27/h4-5,7-14,17-19,26H,3,6,15-16,20H2,1-2H3/t26-,32-/m0/s1. The summed E-state index contributed by atoms with van der Waals surface area (Å²) in [4.78, 5) is 23.4. The van der Waals surface area contributed by atoms with E-state index in [-0.39, 0.29) is 35.4 Å². The number of hydrogen-bond acceptors (Lipinski definition) is 8. The highest BCUT2D eigenvalue weighted by Crippen LogP contribution is 2.51. The number of sulfonamides is 1. The molecule has 4 aromatic heterocycles. The smallest absolute Gasteiger partial charge is 0.246 e. The zero-order chi connectivity index (χ0) is 31.3. The summed E-state index contributed by atoms with van der Waals surface area (Å²) in [7, 11) is -2.40. The summed E-state index contributed by atoms with van der Waals surface area (Å²) in [5.74, 6) is -0.268. The van der Waals surface area contributed by atoms with Gasteiger partial charge in [0.1, 0.15) is 22.7 Å². The number of pyridine rings is 1. The van der Waals surface area contributed by atoms with Gasteiger partial charge in [0.05, 0.1) is 41.9 Å². The first-order valence-electron chi connectivity index (χ1n) is 14.5. The van der Waals surface area contributed by atoms with Crippen LogP contribution >= 0.6 is 0 Å². The van der Waals surface area contributed by atoms with Gasteiger partial charge >= 0.3 is 0 Å². The average Bonchev–Trinajstić information content (AvgIpc) is 3.80. The van der Waals surface area contributed by atoms with Gasteiger partial charge in [-0.25, -0.2) is 22.5 Å². The normalized spacial score (nSPS) is 19.6. The van der Waals surface area contributed by atoms with E-state index in [9.17, 15) is 17.6 Å². The molecule has 7 rings (SSSR count). The van der Waals surface area contributed by atoms with Crippen LogP contribution in [-0.4, -0.2) is 54.1 Å². The number of rotatable bonds is 8. The number of aromatic nitrogens is 6. The summed E-state index contributed by atoms with van der Waals surface area (Å²) >= 11 is 0. The highest BCUT2D eigenvalue weighted by atomic mass is 32.2. The molecule has 230 valence electrons. The predicted molar refractivity (Wildman–Crippen MR) is 161 cm³/mol. The number of hydrogen-bond donors (Lipinski definition) is 0. The van der Waals surface area contributed by atoms with Crippen LogP contribution in [-0.2, 0) is 30.0 Å². The Hall–Kier alpha value is -4.75. The lowest BCUT2D eigenvalue weighted by atomic mass is 9.60. The first kappa shape index (κ1) is 29.0. The van der Waals surface area contributed by atoms with Crippen molar-refractivity contribution < 1.29 is 22.0 Å². The lowest BCUT2D eigenvalue weighted by Crippen LogP contribution is -2.50. The molecule has 2 atom stereocenters. The molecule has 45 heavy (non-hydrogen) atoms. The van der Waals surface area contributed by atoms with Gasteiger partial charge in [0.25, 0.3) is 0 Å². The fourth-order valence-electron chi connectivity index (χ4n) is 6.57. The van der Waals surface area contributed by atoms with Crippen LogP contribution in [0.1, 0.15) is 52.5 Å². The minimum absolute atomic E-state index is 0.0464. The molecule has 0 bridgehead atoms. The fraction of sp³-hybridized carbons (Fsp3) is 0.281. The Morgan fingerprint density at radius 2 is 1.96 bits per heavy atom. The molecule has 4 heterocycles. The lowest BCUT2D eigenvalue weighted by Gasteiger charge is -2.46. The molecule has 13 heteroatoms. The number of benzene rings is 1. The number of Topliss-reactive ketones (excluding diaryl/α,β-unsaturated/α-hetero) is 1. The zero-order valence-electron chi connectivity index (χ0n) is 24.7. The first-order valence-corrected chi connectivity index (χ1v) is 16.0. The molecule has 0 saturated heterocycles. The van der Waals surface area contributed by atoms with E-state index in [1.54, 1.807) is 42.3 Å². The SMILES string of the molecule is Cc1ccnc(C(=O)[C@]23Cc4cnn(-c5ccc(F)cc5)c4C=C2CC[C@H](N(Cc2ncco2)S(=O)(=O)c2cnn(C)c2)C3)c1. The van der Waals surface area contributed by atoms with Crippen LogP contribution in [0, 0.1) is 18.2 Å². The Labute approximate surface area is 259 Å². The minimum Gasteiger partial charge on any atom is -0.448 e. The largest absolute Gasteiger partial charge is 0.448 e. The third-order valence-corrected chi connectivity index (χ3v) is 10.6. The van der Waals surface area contributed by atoms with Gasteiger partial charge in [-0.3, -0.25) is 14.5 Å². The molecule has 0 radical (unpaired) electrons. The third-order valence-electron chi connectivity index (χ3n) is 8.76. The Kier molecular flexibility index (Phi) is 7.09. The van der Waals surface area contributed by atoms with E-state index in [0.717, 1.165) is 22.4 Å². The van der Waals surface area contributed by atoms with Gasteiger partial charge in [0, 0.05) is 25.5 Å². The summed E-state index contributed by atoms with van der Waals surface area (Å²) in [5, 5.41) is 8.69. The number of allylic oxidation sites excluding steroid dienone is 1. The molecule has 5 aromatic rings. The van der Waals surface area contributed by atoms with Gasteiger partial charge in [0.2, 0.25) is 15.9 Å². The van der Waals surface area contributed by atoms with Crippen molar-refractivity contribution in [1.82, 2.24) is 33.8 Å². The molecule has 0 N–H and O–H groups in total. The molecule has 2 aliphatic rings. The number of carbonyl (C=O) groups is 1. The molecule has 2 aliphatic carbocycles. The van der Waals surface area contributed by atoms with Gasteiger partial charge in [-0.1, -0.05) is 5.57 Å². The van der Waals surface area contributed by atoms with E-state index in [1.807, 2.05) is 19.1 Å². The zero-order valence-corrected chi connectivity index (χ0v) is 25.5. The fourth-order valence-corrected chi connectivity index (χ4v) is 8.15. The van der Waals surface area contributed by atoms with Crippen LogP contribution in [0.2, 0.25) is 0 Å². The third kappa shape index (κ3) is 5.11. The van der Waals surface area contributed by atoms with Crippen molar-refractivity contribution in [3.8, 4) is 5.69 Å². The van der Waals surface area contributed by atoms with Crippen molar-refractivity contribution in [2.75, 3.05) is 0 Å². The number of oxazole rings is 1. The number of nitrogens with zero attached hydrogens (tertiary/aromatic N) is 7. The Morgan fingerprint density at radius 1 is 1.13 bits per heavy atom. The number of halogens is 1. The van der Waals surface area contributed by atoms with Crippen LogP contribution in [0.5, 0.6) is 0 Å². The summed E-state index contributed by atoms with van der Waals surface area (Å²) in [5.41, 5.74) is 3.38. The van der Waals surface area contributed by atoms with Gasteiger partial charge in [-0.2, -0.15) is 14.5 Å². The number of fused-ring (bicyclic) bond motifs is 2. The Morgan fingerprint density at radius 3 is 2.67 bits per heavy atom. The summed E-state index contributed by atoms with van der Waals surface area (Å²) < 4.78 is 52.1. The molecular formula is C32H30FN7O4S. The molecule has 1 aromatic carbocycles. The quantitative estimate of drug-likeness (QED) is 0.227. The molecular weight excluding hydrogens is 597 g/mol. The summed E-state index contributed by atoms with van der Waals surface area (Å²) in [6.07, 6.45) is 12.4. The predicted octanol–water partition coefficient (Wildman–Crippen LogP) is 4.69. The highest BCUT2D eigenvalue weighted by molar-refractivity contribution is 7.89. The average molecular weight is 628 g/mol. The molecule has 1 fully saturated rings. The van der Waals surface area contributed by atoms with Crippen molar-refractivity contribution in [2.24, 2.45) is 12.5 Å². The minimum atomic E-state index is -4.06. The van der Waals surface area contributed by atoms with Crippen molar-refractivity contribution in [1.29, 1.82) is 0 Å². The van der Waals surface area contributed by atoms with Crippen LogP contribution < -0.4 is 0 Å². The molecule has 11 nitrogen and oxygen atoms in total. The van der Waals surface area contributed by atoms with E-state index in [1.165, 1.54) is 46.0 Å². The summed E-state index contributed by atoms with van der Waals surface area (Å²) in [6, 6.07) is 9.12. The van der Waals surface area contributed by atoms with Crippen LogP contribution in [0.3, 0.4) is 0 Å². The van der Waals surface area contributed by atoms with Gasteiger partial charge in [-0.05, 0) is 86.2 Å². The van der Waals surface area contributed by atoms with Crippen molar-refractivity contribution in [2.45, 2.75) is 50.1 Å². The molecule has 0 aliphatic heterocycles. The second kappa shape index (κ2) is 11.0. The highest BCUT2D eigenvalue weighted by Gasteiger charge is 2.52. The van der Waals surface area contributed by atoms with Gasteiger partial charge in [0.15, 0.2) is 5.78 Å². The maximum Gasteiger partial charge on any atom is 0.246 e. The Bertz CT molecular complexity index is 2030. The monoisotopic (exact) mass is 627 g/mol. The number of aryl methyl sites for hydroxylation is 2. The van der Waals surface area contributed by atoms with E-state index in [0.29, 0.717) is 30.6 Å². The topological polar surface area (TPSA) is 129 Å².